The van der Waals surface area contributed by atoms with Crippen molar-refractivity contribution in [2.24, 2.45) is 0 Å². The van der Waals surface area contributed by atoms with E-state index in [0.717, 1.165) is 6.54 Å². The normalized spacial score (nSPS) is 10.3. The van der Waals surface area contributed by atoms with Crippen molar-refractivity contribution in [3.8, 4) is 0 Å². The van der Waals surface area contributed by atoms with Crippen LogP contribution in [-0.2, 0) is 0 Å². The van der Waals surface area contributed by atoms with Crippen LogP contribution in [0.2, 0.25) is 0 Å². The van der Waals surface area contributed by atoms with Gasteiger partial charge in [-0.25, -0.2) is 0 Å². The Morgan fingerprint density at radius 2 is 1.92 bits per heavy atom. The van der Waals surface area contributed by atoms with E-state index in [1.54, 1.807) is 0 Å². The predicted molar refractivity (Wildman–Crippen MR) is 53.4 cm³/mol. The number of nitrogens with zero attached hydrogens (tertiary/aromatic N) is 1. The van der Waals surface area contributed by atoms with Crippen LogP contribution in [0.15, 0.2) is 24.3 Å². The predicted octanol–water partition coefficient (Wildman–Crippen LogP) is 2.72. The van der Waals surface area contributed by atoms with Crippen LogP contribution < -0.4 is 4.90 Å². The Morgan fingerprint density at radius 1 is 1.33 bits per heavy atom. The molecule has 0 saturated heterocycles. The maximum Gasteiger partial charge on any atom is 0.0368 e. The van der Waals surface area contributed by atoms with Crippen LogP contribution in [0, 0.1) is 6.07 Å². The molecule has 0 saturated carbocycles. The molecular weight excluding hydrogens is 146 g/mol. The molecule has 0 bridgehead atoms. The van der Waals surface area contributed by atoms with E-state index < -0.39 is 0 Å². The molecule has 0 aliphatic rings. The summed E-state index contributed by atoms with van der Waals surface area (Å²) < 4.78 is 0. The number of hydrogen-bond donors (Lipinski definition) is 0. The highest BCUT2D eigenvalue weighted by Crippen LogP contribution is 2.14. The third-order valence-electron chi connectivity index (χ3n) is 2.00. The number of anilines is 1. The SMILES string of the molecule is CCN(c1cc[c]cc1)C(C)C. The highest BCUT2D eigenvalue weighted by atomic mass is 15.1. The van der Waals surface area contributed by atoms with E-state index in [0.29, 0.717) is 6.04 Å². The zero-order chi connectivity index (χ0) is 8.97. The Hall–Kier alpha value is -0.980. The van der Waals surface area contributed by atoms with Crippen LogP contribution in [0.25, 0.3) is 0 Å². The maximum atomic E-state index is 3.02. The van der Waals surface area contributed by atoms with Crippen molar-refractivity contribution in [2.45, 2.75) is 26.8 Å². The summed E-state index contributed by atoms with van der Waals surface area (Å²) in [7, 11) is 0. The molecule has 12 heavy (non-hydrogen) atoms. The summed E-state index contributed by atoms with van der Waals surface area (Å²) in [6.07, 6.45) is 0. The Balaban J connectivity index is 2.80. The van der Waals surface area contributed by atoms with Gasteiger partial charge in [0.25, 0.3) is 0 Å². The Kier molecular flexibility index (Phi) is 3.15. The van der Waals surface area contributed by atoms with Gasteiger partial charge in [-0.2, -0.15) is 0 Å². The molecule has 0 heterocycles. The molecule has 1 aromatic carbocycles. The molecule has 0 spiro atoms. The highest BCUT2D eigenvalue weighted by molar-refractivity contribution is 5.46. The molecule has 65 valence electrons. The van der Waals surface area contributed by atoms with Gasteiger partial charge in [-0.05, 0) is 39.0 Å². The first-order chi connectivity index (χ1) is 5.75. The lowest BCUT2D eigenvalue weighted by Crippen LogP contribution is -2.30. The number of rotatable bonds is 3. The molecule has 0 N–H and O–H groups in total. The molecular formula is C11H16N. The first kappa shape index (κ1) is 9.11. The van der Waals surface area contributed by atoms with Gasteiger partial charge in [0.15, 0.2) is 0 Å². The van der Waals surface area contributed by atoms with Crippen LogP contribution in [0.5, 0.6) is 0 Å². The zero-order valence-electron chi connectivity index (χ0n) is 8.04. The van der Waals surface area contributed by atoms with Gasteiger partial charge in [0.05, 0.1) is 0 Å². The smallest absolute Gasteiger partial charge is 0.0368 e. The highest BCUT2D eigenvalue weighted by Gasteiger charge is 2.05. The third-order valence-corrected chi connectivity index (χ3v) is 2.00. The van der Waals surface area contributed by atoms with E-state index >= 15 is 0 Å². The van der Waals surface area contributed by atoms with Crippen molar-refractivity contribution >= 4 is 5.69 Å². The fourth-order valence-electron chi connectivity index (χ4n) is 1.42. The monoisotopic (exact) mass is 162 g/mol. The fraction of sp³-hybridized carbons (Fsp3) is 0.455. The zero-order valence-corrected chi connectivity index (χ0v) is 8.04. The number of benzene rings is 1. The summed E-state index contributed by atoms with van der Waals surface area (Å²) in [6, 6.07) is 11.7. The summed E-state index contributed by atoms with van der Waals surface area (Å²) in [5.74, 6) is 0. The molecule has 0 amide bonds. The Morgan fingerprint density at radius 3 is 2.33 bits per heavy atom. The molecule has 0 aliphatic carbocycles. The molecule has 1 nitrogen and oxygen atoms in total. The van der Waals surface area contributed by atoms with Crippen LogP contribution in [0.1, 0.15) is 20.8 Å². The first-order valence-electron chi connectivity index (χ1n) is 4.48. The minimum absolute atomic E-state index is 0.567. The van der Waals surface area contributed by atoms with E-state index in [9.17, 15) is 0 Å². The van der Waals surface area contributed by atoms with Crippen LogP contribution in [-0.4, -0.2) is 12.6 Å². The van der Waals surface area contributed by atoms with Gasteiger partial charge in [0, 0.05) is 18.3 Å². The molecule has 1 rings (SSSR count). The quantitative estimate of drug-likeness (QED) is 0.660. The average Bonchev–Trinajstić information content (AvgIpc) is 2.07. The van der Waals surface area contributed by atoms with Gasteiger partial charge in [-0.3, -0.25) is 0 Å². The summed E-state index contributed by atoms with van der Waals surface area (Å²) in [4.78, 5) is 2.36. The van der Waals surface area contributed by atoms with Crippen molar-refractivity contribution in [1.29, 1.82) is 0 Å². The van der Waals surface area contributed by atoms with Crippen molar-refractivity contribution in [3.05, 3.63) is 30.3 Å². The largest absolute Gasteiger partial charge is 0.369 e. The summed E-state index contributed by atoms with van der Waals surface area (Å²) >= 11 is 0. The van der Waals surface area contributed by atoms with E-state index in [2.05, 4.69) is 43.9 Å². The summed E-state index contributed by atoms with van der Waals surface area (Å²) in [5, 5.41) is 0. The molecule has 1 heteroatoms. The van der Waals surface area contributed by atoms with Gasteiger partial charge in [0.1, 0.15) is 0 Å². The number of hydrogen-bond acceptors (Lipinski definition) is 1. The topological polar surface area (TPSA) is 3.24 Å². The fourth-order valence-corrected chi connectivity index (χ4v) is 1.42. The van der Waals surface area contributed by atoms with Gasteiger partial charge >= 0.3 is 0 Å². The van der Waals surface area contributed by atoms with E-state index in [4.69, 9.17) is 0 Å². The van der Waals surface area contributed by atoms with Crippen molar-refractivity contribution in [1.82, 2.24) is 0 Å². The standard InChI is InChI=1S/C11H16N/c1-4-12(10(2)3)11-8-6-5-7-9-11/h6-10H,4H2,1-3H3. The summed E-state index contributed by atoms with van der Waals surface area (Å²) in [6.45, 7) is 7.65. The van der Waals surface area contributed by atoms with Crippen LogP contribution >= 0.6 is 0 Å². The van der Waals surface area contributed by atoms with Crippen molar-refractivity contribution in [3.63, 3.8) is 0 Å². The third kappa shape index (κ3) is 2.00. The molecule has 1 aromatic rings. The molecule has 0 fully saturated rings. The maximum absolute atomic E-state index is 3.02. The van der Waals surface area contributed by atoms with Crippen LogP contribution in [0.4, 0.5) is 5.69 Å². The average molecular weight is 162 g/mol. The minimum atomic E-state index is 0.567. The molecule has 0 unspecified atom stereocenters. The second-order valence-corrected chi connectivity index (χ2v) is 3.14. The van der Waals surface area contributed by atoms with E-state index in [1.165, 1.54) is 5.69 Å². The van der Waals surface area contributed by atoms with Crippen molar-refractivity contribution in [2.75, 3.05) is 11.4 Å². The molecule has 1 radical (unpaired) electrons. The van der Waals surface area contributed by atoms with E-state index in [1.807, 2.05) is 12.1 Å². The van der Waals surface area contributed by atoms with E-state index in [-0.39, 0.29) is 0 Å². The van der Waals surface area contributed by atoms with Crippen LogP contribution in [0.3, 0.4) is 0 Å². The molecule has 0 atom stereocenters. The lowest BCUT2D eigenvalue weighted by Gasteiger charge is -2.27. The molecule has 0 aliphatic heterocycles. The second-order valence-electron chi connectivity index (χ2n) is 3.14. The molecule has 0 aromatic heterocycles. The Bertz CT molecular complexity index is 216. The lowest BCUT2D eigenvalue weighted by atomic mass is 10.2. The van der Waals surface area contributed by atoms with Crippen molar-refractivity contribution < 1.29 is 0 Å². The first-order valence-corrected chi connectivity index (χ1v) is 4.48. The van der Waals surface area contributed by atoms with Gasteiger partial charge < -0.3 is 4.90 Å². The van der Waals surface area contributed by atoms with Gasteiger partial charge in [-0.1, -0.05) is 12.1 Å². The lowest BCUT2D eigenvalue weighted by molar-refractivity contribution is 0.704. The minimum Gasteiger partial charge on any atom is -0.369 e. The van der Waals surface area contributed by atoms with Gasteiger partial charge in [0.2, 0.25) is 0 Å². The van der Waals surface area contributed by atoms with Gasteiger partial charge in [-0.15, -0.1) is 0 Å². The second kappa shape index (κ2) is 4.15. The Labute approximate surface area is 75.0 Å². The summed E-state index contributed by atoms with van der Waals surface area (Å²) in [5.41, 5.74) is 1.28.